The van der Waals surface area contributed by atoms with Crippen molar-refractivity contribution in [1.82, 2.24) is 29.7 Å². The molecule has 6 nitrogen and oxygen atoms in total. The Hall–Kier alpha value is -2.58. The van der Waals surface area contributed by atoms with E-state index in [9.17, 15) is 0 Å². The van der Waals surface area contributed by atoms with Crippen LogP contribution in [0, 0.1) is 6.92 Å². The van der Waals surface area contributed by atoms with Gasteiger partial charge < -0.3 is 4.98 Å². The van der Waals surface area contributed by atoms with Crippen LogP contribution in [0.2, 0.25) is 0 Å². The summed E-state index contributed by atoms with van der Waals surface area (Å²) in [7, 11) is 0. The minimum absolute atomic E-state index is 0.334. The van der Waals surface area contributed by atoms with Crippen molar-refractivity contribution in [1.29, 1.82) is 0 Å². The van der Waals surface area contributed by atoms with Crippen molar-refractivity contribution < 1.29 is 0 Å². The van der Waals surface area contributed by atoms with Crippen LogP contribution in [0.1, 0.15) is 23.0 Å². The molecule has 0 unspecified atom stereocenters. The Labute approximate surface area is 177 Å². The zero-order valence-electron chi connectivity index (χ0n) is 15.9. The summed E-state index contributed by atoms with van der Waals surface area (Å²) < 4.78 is 2.26. The minimum Gasteiger partial charge on any atom is -0.337 e. The largest absolute Gasteiger partial charge is 0.337 e. The van der Waals surface area contributed by atoms with E-state index in [4.69, 9.17) is 4.98 Å². The Kier molecular flexibility index (Phi) is 5.12. The van der Waals surface area contributed by atoms with E-state index in [1.807, 2.05) is 18.2 Å². The van der Waals surface area contributed by atoms with Gasteiger partial charge in [0.25, 0.3) is 0 Å². The first-order chi connectivity index (χ1) is 14.3. The molecule has 0 amide bonds. The lowest BCUT2D eigenvalue weighted by molar-refractivity contribution is 0.596. The SMILES string of the molecule is Cc1[nH]c(SC[C@@H]2CSc3nnc(-c4ccncc4)n32)nc1Cc1ccccc1. The molecule has 1 aromatic carbocycles. The number of nitrogens with zero attached hydrogens (tertiary/aromatic N) is 5. The molecule has 1 atom stereocenters. The number of aryl methyl sites for hydroxylation is 1. The molecule has 0 saturated heterocycles. The highest BCUT2D eigenvalue weighted by molar-refractivity contribution is 8.00. The summed E-state index contributed by atoms with van der Waals surface area (Å²) in [6.07, 6.45) is 4.44. The van der Waals surface area contributed by atoms with Gasteiger partial charge in [-0.15, -0.1) is 10.2 Å². The van der Waals surface area contributed by atoms with Gasteiger partial charge in [-0.05, 0) is 24.6 Å². The molecular weight excluding hydrogens is 400 g/mol. The molecule has 1 aliphatic rings. The number of pyridine rings is 1. The van der Waals surface area contributed by atoms with E-state index in [0.29, 0.717) is 6.04 Å². The van der Waals surface area contributed by atoms with Crippen molar-refractivity contribution >= 4 is 23.5 Å². The van der Waals surface area contributed by atoms with Crippen LogP contribution in [0.25, 0.3) is 11.4 Å². The van der Waals surface area contributed by atoms with Crippen molar-refractivity contribution in [3.8, 4) is 11.4 Å². The fourth-order valence-electron chi connectivity index (χ4n) is 3.44. The van der Waals surface area contributed by atoms with Crippen LogP contribution in [0.5, 0.6) is 0 Å². The molecular formula is C21H20N6S2. The number of rotatable bonds is 6. The molecule has 4 heterocycles. The summed E-state index contributed by atoms with van der Waals surface area (Å²) in [5.41, 5.74) is 4.58. The molecule has 0 radical (unpaired) electrons. The van der Waals surface area contributed by atoms with Crippen LogP contribution in [-0.4, -0.2) is 41.2 Å². The molecule has 8 heteroatoms. The Morgan fingerprint density at radius 1 is 1.14 bits per heavy atom. The molecule has 4 aromatic rings. The highest BCUT2D eigenvalue weighted by Gasteiger charge is 2.28. The van der Waals surface area contributed by atoms with E-state index in [1.165, 1.54) is 5.56 Å². The number of hydrogen-bond donors (Lipinski definition) is 1. The van der Waals surface area contributed by atoms with Crippen molar-refractivity contribution in [3.63, 3.8) is 0 Å². The number of fused-ring (bicyclic) bond motifs is 1. The molecule has 0 aliphatic carbocycles. The lowest BCUT2D eigenvalue weighted by Gasteiger charge is -2.13. The Morgan fingerprint density at radius 3 is 2.79 bits per heavy atom. The lowest BCUT2D eigenvalue weighted by atomic mass is 10.1. The number of nitrogens with one attached hydrogen (secondary N) is 1. The normalized spacial score (nSPS) is 15.6. The van der Waals surface area contributed by atoms with E-state index in [0.717, 1.165) is 51.0 Å². The van der Waals surface area contributed by atoms with Crippen LogP contribution in [-0.2, 0) is 6.42 Å². The summed E-state index contributed by atoms with van der Waals surface area (Å²) in [6.45, 7) is 2.10. The van der Waals surface area contributed by atoms with Gasteiger partial charge in [-0.1, -0.05) is 53.9 Å². The summed E-state index contributed by atoms with van der Waals surface area (Å²) in [5.74, 6) is 2.85. The first-order valence-electron chi connectivity index (χ1n) is 9.48. The van der Waals surface area contributed by atoms with Crippen LogP contribution in [0.4, 0.5) is 0 Å². The highest BCUT2D eigenvalue weighted by atomic mass is 32.2. The van der Waals surface area contributed by atoms with Crippen molar-refractivity contribution in [3.05, 3.63) is 71.8 Å². The van der Waals surface area contributed by atoms with Gasteiger partial charge in [-0.2, -0.15) is 0 Å². The maximum Gasteiger partial charge on any atom is 0.191 e. The third-order valence-corrected chi connectivity index (χ3v) is 7.07. The molecule has 1 N–H and O–H groups in total. The first-order valence-corrected chi connectivity index (χ1v) is 11.5. The standard InChI is InChI=1S/C21H20N6S2/c1-14-18(11-15-5-3-2-4-6-15)24-20(23-14)28-12-17-13-29-21-26-25-19(27(17)21)16-7-9-22-10-8-16/h2-10,17H,11-13H2,1H3,(H,23,24)/t17-/m1/s1. The monoisotopic (exact) mass is 420 g/mol. The van der Waals surface area contributed by atoms with E-state index in [2.05, 4.69) is 55.9 Å². The second kappa shape index (κ2) is 8.04. The molecule has 1 aliphatic heterocycles. The zero-order valence-corrected chi connectivity index (χ0v) is 17.6. The van der Waals surface area contributed by atoms with Gasteiger partial charge in [0, 0.05) is 41.6 Å². The van der Waals surface area contributed by atoms with Crippen molar-refractivity contribution in [2.75, 3.05) is 11.5 Å². The van der Waals surface area contributed by atoms with E-state index in [1.54, 1.807) is 35.9 Å². The third kappa shape index (κ3) is 3.82. The number of aromatic nitrogens is 6. The topological polar surface area (TPSA) is 72.3 Å². The molecule has 0 saturated carbocycles. The van der Waals surface area contributed by atoms with Crippen LogP contribution in [0.3, 0.4) is 0 Å². The molecule has 3 aromatic heterocycles. The first kappa shape index (κ1) is 18.4. The second-order valence-corrected chi connectivity index (χ2v) is 8.96. The molecule has 5 rings (SSSR count). The molecule has 0 fully saturated rings. The number of benzene rings is 1. The van der Waals surface area contributed by atoms with E-state index in [-0.39, 0.29) is 0 Å². The number of H-pyrrole nitrogens is 1. The average molecular weight is 421 g/mol. The number of imidazole rings is 1. The van der Waals surface area contributed by atoms with Crippen molar-refractivity contribution in [2.45, 2.75) is 29.7 Å². The number of thioether (sulfide) groups is 2. The zero-order chi connectivity index (χ0) is 19.6. The molecule has 146 valence electrons. The summed E-state index contributed by atoms with van der Waals surface area (Å²) in [6, 6.07) is 14.8. The average Bonchev–Trinajstić information content (AvgIpc) is 3.44. The maximum absolute atomic E-state index is 4.84. The fourth-order valence-corrected chi connectivity index (χ4v) is 5.69. The maximum atomic E-state index is 4.84. The molecule has 0 bridgehead atoms. The van der Waals surface area contributed by atoms with Crippen LogP contribution < -0.4 is 0 Å². The quantitative estimate of drug-likeness (QED) is 0.466. The minimum atomic E-state index is 0.334. The Balaban J connectivity index is 1.30. The number of aromatic amines is 1. The summed E-state index contributed by atoms with van der Waals surface area (Å²) in [4.78, 5) is 12.4. The second-order valence-electron chi connectivity index (χ2n) is 6.96. The van der Waals surface area contributed by atoms with E-state index >= 15 is 0 Å². The Bertz CT molecular complexity index is 1110. The summed E-state index contributed by atoms with van der Waals surface area (Å²) in [5, 5.41) is 10.7. The van der Waals surface area contributed by atoms with Crippen molar-refractivity contribution in [2.24, 2.45) is 0 Å². The lowest BCUT2D eigenvalue weighted by Crippen LogP contribution is -2.11. The van der Waals surface area contributed by atoms with Gasteiger partial charge in [-0.25, -0.2) is 4.98 Å². The van der Waals surface area contributed by atoms with Gasteiger partial charge in [0.2, 0.25) is 0 Å². The van der Waals surface area contributed by atoms with Crippen LogP contribution >= 0.6 is 23.5 Å². The van der Waals surface area contributed by atoms with E-state index < -0.39 is 0 Å². The summed E-state index contributed by atoms with van der Waals surface area (Å²) >= 11 is 3.53. The van der Waals surface area contributed by atoms with Gasteiger partial charge in [-0.3, -0.25) is 9.55 Å². The highest BCUT2D eigenvalue weighted by Crippen LogP contribution is 2.38. The predicted molar refractivity (Wildman–Crippen MR) is 116 cm³/mol. The molecule has 0 spiro atoms. The smallest absolute Gasteiger partial charge is 0.191 e. The van der Waals surface area contributed by atoms with Crippen LogP contribution in [0.15, 0.2) is 65.2 Å². The van der Waals surface area contributed by atoms with Gasteiger partial charge >= 0.3 is 0 Å². The van der Waals surface area contributed by atoms with Gasteiger partial charge in [0.1, 0.15) is 0 Å². The number of hydrogen-bond acceptors (Lipinski definition) is 6. The fraction of sp³-hybridized carbons (Fsp3) is 0.238. The van der Waals surface area contributed by atoms with Gasteiger partial charge in [0.05, 0.1) is 11.7 Å². The van der Waals surface area contributed by atoms with Gasteiger partial charge in [0.15, 0.2) is 16.1 Å². The molecule has 29 heavy (non-hydrogen) atoms. The Morgan fingerprint density at radius 2 is 1.97 bits per heavy atom. The third-order valence-electron chi connectivity index (χ3n) is 4.96. The predicted octanol–water partition coefficient (Wildman–Crippen LogP) is 4.40.